The number of carbonyl (C=O) groups excluding carboxylic acids is 1. The van der Waals surface area contributed by atoms with Gasteiger partial charge in [0.1, 0.15) is 13.2 Å². The van der Waals surface area contributed by atoms with Crippen LogP contribution in [0, 0.1) is 0 Å². The normalized spacial score (nSPS) is 16.7. The summed E-state index contributed by atoms with van der Waals surface area (Å²) in [4.78, 5) is 13.2. The van der Waals surface area contributed by atoms with Gasteiger partial charge in [0.15, 0.2) is 0 Å². The van der Waals surface area contributed by atoms with E-state index in [1.807, 2.05) is 0 Å². The second-order valence-electron chi connectivity index (χ2n) is 4.20. The lowest BCUT2D eigenvalue weighted by atomic mass is 10.1. The van der Waals surface area contributed by atoms with Gasteiger partial charge >= 0.3 is 6.18 Å². The lowest BCUT2D eigenvalue weighted by molar-refractivity contribution is -0.200. The van der Waals surface area contributed by atoms with E-state index in [4.69, 9.17) is 0 Å². The first-order valence-corrected chi connectivity index (χ1v) is 5.51. The van der Waals surface area contributed by atoms with Crippen LogP contribution in [-0.4, -0.2) is 47.4 Å². The predicted octanol–water partition coefficient (Wildman–Crippen LogP) is 1.28. The van der Waals surface area contributed by atoms with Gasteiger partial charge in [-0.25, -0.2) is 0 Å². The van der Waals surface area contributed by atoms with Crippen molar-refractivity contribution >= 4 is 5.91 Å². The summed E-state index contributed by atoms with van der Waals surface area (Å²) in [5.41, 5.74) is 0. The highest BCUT2D eigenvalue weighted by molar-refractivity contribution is 5.77. The molecule has 0 aromatic carbocycles. The van der Waals surface area contributed by atoms with E-state index in [1.54, 1.807) is 29.1 Å². The summed E-state index contributed by atoms with van der Waals surface area (Å²) in [6, 6.07) is 3.61. The number of aromatic nitrogens is 1. The zero-order valence-corrected chi connectivity index (χ0v) is 9.56. The Morgan fingerprint density at radius 1 is 1.28 bits per heavy atom. The summed E-state index contributed by atoms with van der Waals surface area (Å²) in [7, 11) is 0. The van der Waals surface area contributed by atoms with Crippen LogP contribution in [0.3, 0.4) is 0 Å². The van der Waals surface area contributed by atoms with Gasteiger partial charge in [0.25, 0.3) is 0 Å². The third-order valence-corrected chi connectivity index (χ3v) is 2.67. The molecule has 1 aliphatic rings. The summed E-state index contributed by atoms with van der Waals surface area (Å²) in [6.45, 7) is -0.581. The smallest absolute Gasteiger partial charge is 0.365 e. The van der Waals surface area contributed by atoms with Crippen molar-refractivity contribution in [3.05, 3.63) is 24.5 Å². The molecule has 2 heterocycles. The summed E-state index contributed by atoms with van der Waals surface area (Å²) in [5, 5.41) is 0. The summed E-state index contributed by atoms with van der Waals surface area (Å²) in [6.07, 6.45) is -1.29. The van der Waals surface area contributed by atoms with Crippen molar-refractivity contribution in [3.8, 4) is 0 Å². The molecule has 0 N–H and O–H groups in total. The number of alkyl halides is 3. The molecule has 0 unspecified atom stereocenters. The number of likely N-dealkylation sites (tertiary alicyclic amines) is 1. The first kappa shape index (κ1) is 12.9. The second-order valence-corrected chi connectivity index (χ2v) is 4.20. The van der Waals surface area contributed by atoms with Crippen LogP contribution in [0.1, 0.15) is 0 Å². The van der Waals surface area contributed by atoms with Crippen molar-refractivity contribution in [2.24, 2.45) is 0 Å². The molecule has 1 fully saturated rings. The van der Waals surface area contributed by atoms with E-state index in [9.17, 15) is 18.0 Å². The van der Waals surface area contributed by atoms with E-state index in [0.717, 1.165) is 0 Å². The number of hydrogen-bond donors (Lipinski definition) is 0. The number of rotatable bonds is 4. The lowest BCUT2D eigenvalue weighted by Crippen LogP contribution is -2.56. The molecule has 0 radical (unpaired) electrons. The fourth-order valence-electron chi connectivity index (χ4n) is 1.69. The second kappa shape index (κ2) is 5.01. The zero-order chi connectivity index (χ0) is 13.2. The van der Waals surface area contributed by atoms with Gasteiger partial charge in [-0.2, -0.15) is 13.2 Å². The molecule has 0 atom stereocenters. The van der Waals surface area contributed by atoms with Gasteiger partial charge in [0.05, 0.1) is 6.10 Å². The van der Waals surface area contributed by atoms with E-state index < -0.39 is 18.9 Å². The molecule has 1 aliphatic heterocycles. The third-order valence-electron chi connectivity index (χ3n) is 2.67. The Morgan fingerprint density at radius 2 is 1.89 bits per heavy atom. The lowest BCUT2D eigenvalue weighted by Gasteiger charge is -2.39. The molecule has 18 heavy (non-hydrogen) atoms. The van der Waals surface area contributed by atoms with Gasteiger partial charge in [0.2, 0.25) is 5.91 Å². The van der Waals surface area contributed by atoms with E-state index in [-0.39, 0.29) is 25.5 Å². The fourth-order valence-corrected chi connectivity index (χ4v) is 1.69. The minimum Gasteiger partial charge on any atom is -0.365 e. The molecule has 1 aromatic rings. The van der Waals surface area contributed by atoms with Crippen LogP contribution < -0.4 is 0 Å². The van der Waals surface area contributed by atoms with Crippen molar-refractivity contribution in [2.75, 3.05) is 19.7 Å². The molecule has 0 bridgehead atoms. The molecule has 7 heteroatoms. The fraction of sp³-hybridized carbons (Fsp3) is 0.545. The van der Waals surface area contributed by atoms with E-state index in [2.05, 4.69) is 4.74 Å². The molecule has 0 aliphatic carbocycles. The first-order chi connectivity index (χ1) is 8.44. The maximum atomic E-state index is 11.9. The molecule has 0 spiro atoms. The van der Waals surface area contributed by atoms with Crippen molar-refractivity contribution < 1.29 is 22.7 Å². The number of amides is 1. The quantitative estimate of drug-likeness (QED) is 0.819. The maximum absolute atomic E-state index is 11.9. The van der Waals surface area contributed by atoms with Crippen molar-refractivity contribution in [1.29, 1.82) is 0 Å². The minimum atomic E-state index is -4.31. The summed E-state index contributed by atoms with van der Waals surface area (Å²) in [5.74, 6) is -0.113. The summed E-state index contributed by atoms with van der Waals surface area (Å²) >= 11 is 0. The largest absolute Gasteiger partial charge is 0.411 e. The Bertz CT molecular complexity index is 397. The Labute approximate surface area is 102 Å². The molecule has 2 rings (SSSR count). The monoisotopic (exact) mass is 262 g/mol. The van der Waals surface area contributed by atoms with Gasteiger partial charge in [-0.15, -0.1) is 0 Å². The molecule has 0 saturated carbocycles. The first-order valence-electron chi connectivity index (χ1n) is 5.51. The molecule has 1 saturated heterocycles. The maximum Gasteiger partial charge on any atom is 0.411 e. The highest BCUT2D eigenvalue weighted by Crippen LogP contribution is 2.19. The average Bonchev–Trinajstić information content (AvgIpc) is 2.65. The molecule has 100 valence electrons. The standard InChI is InChI=1S/C11H13F3N2O2/c12-11(13,14)8-18-9-5-16(6-9)10(17)7-15-3-1-2-4-15/h1-4,9H,5-8H2. The summed E-state index contributed by atoms with van der Waals surface area (Å²) < 4.78 is 42.0. The van der Waals surface area contributed by atoms with Gasteiger partial charge in [-0.05, 0) is 12.1 Å². The minimum absolute atomic E-state index is 0.113. The Balaban J connectivity index is 1.68. The highest BCUT2D eigenvalue weighted by Gasteiger charge is 2.35. The van der Waals surface area contributed by atoms with Crippen molar-refractivity contribution in [3.63, 3.8) is 0 Å². The molecule has 1 amide bonds. The Morgan fingerprint density at radius 3 is 2.44 bits per heavy atom. The van der Waals surface area contributed by atoms with Crippen LogP contribution in [-0.2, 0) is 16.1 Å². The van der Waals surface area contributed by atoms with Gasteiger partial charge < -0.3 is 14.2 Å². The van der Waals surface area contributed by atoms with Crippen molar-refractivity contribution in [1.82, 2.24) is 9.47 Å². The van der Waals surface area contributed by atoms with E-state index in [1.165, 1.54) is 4.90 Å². The number of halogens is 3. The molecular weight excluding hydrogens is 249 g/mol. The molecule has 1 aromatic heterocycles. The SMILES string of the molecule is O=C(Cn1cccc1)N1CC(OCC(F)(F)F)C1. The van der Waals surface area contributed by atoms with Gasteiger partial charge in [0, 0.05) is 25.5 Å². The highest BCUT2D eigenvalue weighted by atomic mass is 19.4. The van der Waals surface area contributed by atoms with Gasteiger partial charge in [-0.3, -0.25) is 4.79 Å². The van der Waals surface area contributed by atoms with Crippen LogP contribution in [0.5, 0.6) is 0 Å². The number of nitrogens with zero attached hydrogens (tertiary/aromatic N) is 2. The van der Waals surface area contributed by atoms with Crippen LogP contribution >= 0.6 is 0 Å². The molecule has 4 nitrogen and oxygen atoms in total. The predicted molar refractivity (Wildman–Crippen MR) is 56.8 cm³/mol. The third kappa shape index (κ3) is 3.49. The van der Waals surface area contributed by atoms with Crippen LogP contribution in [0.15, 0.2) is 24.5 Å². The Kier molecular flexibility index (Phi) is 3.60. The van der Waals surface area contributed by atoms with Crippen LogP contribution in [0.2, 0.25) is 0 Å². The van der Waals surface area contributed by atoms with Crippen molar-refractivity contribution in [2.45, 2.75) is 18.8 Å². The van der Waals surface area contributed by atoms with Crippen LogP contribution in [0.25, 0.3) is 0 Å². The number of ether oxygens (including phenoxy) is 1. The topological polar surface area (TPSA) is 34.5 Å². The van der Waals surface area contributed by atoms with E-state index in [0.29, 0.717) is 0 Å². The molecular formula is C11H13F3N2O2. The number of hydrogen-bond acceptors (Lipinski definition) is 2. The van der Waals surface area contributed by atoms with Crippen LogP contribution in [0.4, 0.5) is 13.2 Å². The number of carbonyl (C=O) groups is 1. The van der Waals surface area contributed by atoms with Gasteiger partial charge in [-0.1, -0.05) is 0 Å². The zero-order valence-electron chi connectivity index (χ0n) is 9.56. The average molecular weight is 262 g/mol. The Hall–Kier alpha value is -1.50. The van der Waals surface area contributed by atoms with E-state index >= 15 is 0 Å².